The molecular formula is C26H32N8O3. The van der Waals surface area contributed by atoms with Crippen LogP contribution >= 0.6 is 0 Å². The van der Waals surface area contributed by atoms with Crippen LogP contribution in [0.3, 0.4) is 0 Å². The van der Waals surface area contributed by atoms with Gasteiger partial charge < -0.3 is 23.7 Å². The maximum absolute atomic E-state index is 5.91. The monoisotopic (exact) mass is 504 g/mol. The SMILES string of the molecule is Cc1nc2ccccc2n1-c1nc(N2CCOCC2)c2nc(CN3CCC4(CC3)OCCO4)n(C)c2n1. The molecule has 1 spiro atoms. The average molecular weight is 505 g/mol. The van der Waals surface area contributed by atoms with Gasteiger partial charge in [-0.3, -0.25) is 9.47 Å². The minimum Gasteiger partial charge on any atom is -0.378 e. The van der Waals surface area contributed by atoms with E-state index in [-0.39, 0.29) is 5.79 Å². The number of para-hydroxylation sites is 2. The first-order valence-corrected chi connectivity index (χ1v) is 13.1. The van der Waals surface area contributed by atoms with Crippen molar-refractivity contribution in [3.63, 3.8) is 0 Å². The Kier molecular flexibility index (Phi) is 5.61. The molecule has 0 bridgehead atoms. The molecule has 0 N–H and O–H groups in total. The van der Waals surface area contributed by atoms with Crippen LogP contribution in [0.25, 0.3) is 28.1 Å². The number of rotatable bonds is 4. The summed E-state index contributed by atoms with van der Waals surface area (Å²) in [7, 11) is 2.05. The van der Waals surface area contributed by atoms with E-state index in [1.54, 1.807) is 0 Å². The van der Waals surface area contributed by atoms with Gasteiger partial charge in [0, 0.05) is 46.1 Å². The zero-order valence-electron chi connectivity index (χ0n) is 21.4. The number of fused-ring (bicyclic) bond motifs is 2. The van der Waals surface area contributed by atoms with E-state index in [2.05, 4.69) is 27.5 Å². The summed E-state index contributed by atoms with van der Waals surface area (Å²) in [5, 5.41) is 0. The summed E-state index contributed by atoms with van der Waals surface area (Å²) >= 11 is 0. The lowest BCUT2D eigenvalue weighted by atomic mass is 10.0. The van der Waals surface area contributed by atoms with Crippen LogP contribution in [0.2, 0.25) is 0 Å². The Labute approximate surface area is 215 Å². The Morgan fingerprint density at radius 1 is 0.892 bits per heavy atom. The van der Waals surface area contributed by atoms with Crippen LogP contribution in [0.1, 0.15) is 24.5 Å². The zero-order chi connectivity index (χ0) is 25.0. The number of nitrogens with zero attached hydrogens (tertiary/aromatic N) is 8. The van der Waals surface area contributed by atoms with Gasteiger partial charge in [0.05, 0.1) is 44.0 Å². The Balaban J connectivity index is 1.29. The number of hydrogen-bond donors (Lipinski definition) is 0. The van der Waals surface area contributed by atoms with Gasteiger partial charge in [0.15, 0.2) is 22.8 Å². The first kappa shape index (κ1) is 23.0. The fourth-order valence-corrected chi connectivity index (χ4v) is 5.75. The van der Waals surface area contributed by atoms with Crippen LogP contribution < -0.4 is 4.90 Å². The summed E-state index contributed by atoms with van der Waals surface area (Å²) in [5.74, 6) is 2.93. The molecule has 0 saturated carbocycles. The largest absolute Gasteiger partial charge is 0.378 e. The number of piperidine rings is 1. The van der Waals surface area contributed by atoms with Gasteiger partial charge in [0.25, 0.3) is 0 Å². The topological polar surface area (TPSA) is 95.6 Å². The van der Waals surface area contributed by atoms with Crippen molar-refractivity contribution < 1.29 is 14.2 Å². The summed E-state index contributed by atoms with van der Waals surface area (Å²) in [6, 6.07) is 8.11. The number of ether oxygens (including phenoxy) is 3. The lowest BCUT2D eigenvalue weighted by Crippen LogP contribution is -2.45. The van der Waals surface area contributed by atoms with Gasteiger partial charge in [-0.05, 0) is 19.1 Å². The smallest absolute Gasteiger partial charge is 0.239 e. The highest BCUT2D eigenvalue weighted by molar-refractivity contribution is 5.86. The predicted octanol–water partition coefficient (Wildman–Crippen LogP) is 2.19. The zero-order valence-corrected chi connectivity index (χ0v) is 21.4. The second kappa shape index (κ2) is 9.02. The molecule has 3 aromatic heterocycles. The van der Waals surface area contributed by atoms with Gasteiger partial charge in [-0.1, -0.05) is 12.1 Å². The molecule has 0 atom stereocenters. The van der Waals surface area contributed by atoms with Crippen molar-refractivity contribution in [2.75, 3.05) is 57.5 Å². The Morgan fingerprint density at radius 3 is 2.43 bits per heavy atom. The van der Waals surface area contributed by atoms with Crippen LogP contribution in [0, 0.1) is 6.92 Å². The molecule has 11 nitrogen and oxygen atoms in total. The molecule has 7 rings (SSSR count). The van der Waals surface area contributed by atoms with Gasteiger partial charge >= 0.3 is 0 Å². The van der Waals surface area contributed by atoms with E-state index in [9.17, 15) is 0 Å². The highest BCUT2D eigenvalue weighted by atomic mass is 16.7. The predicted molar refractivity (Wildman–Crippen MR) is 138 cm³/mol. The molecule has 6 heterocycles. The summed E-state index contributed by atoms with van der Waals surface area (Å²) in [4.78, 5) is 24.7. The van der Waals surface area contributed by atoms with Gasteiger partial charge in [-0.25, -0.2) is 9.97 Å². The molecule has 3 aliphatic rings. The van der Waals surface area contributed by atoms with E-state index < -0.39 is 0 Å². The van der Waals surface area contributed by atoms with Crippen LogP contribution in [0.15, 0.2) is 24.3 Å². The molecule has 3 aliphatic heterocycles. The maximum atomic E-state index is 5.91. The number of hydrogen-bond acceptors (Lipinski definition) is 9. The number of aryl methyl sites for hydroxylation is 2. The molecule has 3 fully saturated rings. The fourth-order valence-electron chi connectivity index (χ4n) is 5.75. The molecule has 3 saturated heterocycles. The molecule has 11 heteroatoms. The Hall–Kier alpha value is -3.12. The van der Waals surface area contributed by atoms with Crippen molar-refractivity contribution in [1.82, 2.24) is 34.0 Å². The normalized spacial score (nSPS) is 20.5. The lowest BCUT2D eigenvalue weighted by molar-refractivity contribution is -0.186. The first-order chi connectivity index (χ1) is 18.1. The first-order valence-electron chi connectivity index (χ1n) is 13.1. The molecule has 194 valence electrons. The van der Waals surface area contributed by atoms with E-state index in [1.165, 1.54) is 0 Å². The third-order valence-electron chi connectivity index (χ3n) is 7.82. The number of benzene rings is 1. The van der Waals surface area contributed by atoms with Gasteiger partial charge in [-0.15, -0.1) is 0 Å². The minimum atomic E-state index is -0.377. The molecule has 0 aliphatic carbocycles. The molecule has 4 aromatic rings. The van der Waals surface area contributed by atoms with E-state index in [4.69, 9.17) is 34.1 Å². The summed E-state index contributed by atoms with van der Waals surface area (Å²) < 4.78 is 21.6. The van der Waals surface area contributed by atoms with Gasteiger partial charge in [0.2, 0.25) is 5.95 Å². The van der Waals surface area contributed by atoms with Crippen molar-refractivity contribution >= 4 is 28.0 Å². The third-order valence-corrected chi connectivity index (χ3v) is 7.82. The Bertz CT molecular complexity index is 1440. The van der Waals surface area contributed by atoms with Crippen molar-refractivity contribution in [2.24, 2.45) is 7.05 Å². The number of morpholine rings is 1. The quantitative estimate of drug-likeness (QED) is 0.414. The molecule has 0 unspecified atom stereocenters. The second-order valence-corrected chi connectivity index (χ2v) is 10.1. The maximum Gasteiger partial charge on any atom is 0.239 e. The fraction of sp³-hybridized carbons (Fsp3) is 0.538. The molecule has 37 heavy (non-hydrogen) atoms. The summed E-state index contributed by atoms with van der Waals surface area (Å²) in [6.07, 6.45) is 1.76. The summed E-state index contributed by atoms with van der Waals surface area (Å²) in [5.41, 5.74) is 3.59. The highest BCUT2D eigenvalue weighted by Gasteiger charge is 2.40. The van der Waals surface area contributed by atoms with E-state index >= 15 is 0 Å². The van der Waals surface area contributed by atoms with Gasteiger partial charge in [-0.2, -0.15) is 9.97 Å². The lowest BCUT2D eigenvalue weighted by Gasteiger charge is -2.37. The van der Waals surface area contributed by atoms with Crippen LogP contribution in [0.5, 0.6) is 0 Å². The van der Waals surface area contributed by atoms with Crippen molar-refractivity contribution in [1.29, 1.82) is 0 Å². The third kappa shape index (κ3) is 3.97. The Morgan fingerprint density at radius 2 is 1.65 bits per heavy atom. The number of likely N-dealkylation sites (tertiary alicyclic amines) is 1. The molecule has 0 radical (unpaired) electrons. The molecule has 1 aromatic carbocycles. The number of imidazole rings is 2. The van der Waals surface area contributed by atoms with E-state index in [0.717, 1.165) is 85.2 Å². The second-order valence-electron chi connectivity index (χ2n) is 10.1. The van der Waals surface area contributed by atoms with Crippen LogP contribution in [-0.2, 0) is 27.8 Å². The van der Waals surface area contributed by atoms with Gasteiger partial charge in [0.1, 0.15) is 11.6 Å². The molecular weight excluding hydrogens is 472 g/mol. The number of anilines is 1. The van der Waals surface area contributed by atoms with Crippen molar-refractivity contribution in [3.8, 4) is 5.95 Å². The standard InChI is InChI=1S/C26H32N8O3/c1-18-27-19-5-3-4-6-20(19)34(18)25-29-23-22(24(30-25)33-11-13-35-14-12-33)28-21(31(23)2)17-32-9-7-26(8-10-32)36-15-16-37-26/h3-6H,7-17H2,1-2H3. The minimum absolute atomic E-state index is 0.377. The molecule has 0 amide bonds. The van der Waals surface area contributed by atoms with E-state index in [1.807, 2.05) is 29.7 Å². The average Bonchev–Trinajstić information content (AvgIpc) is 3.61. The number of aromatic nitrogens is 6. The highest BCUT2D eigenvalue weighted by Crippen LogP contribution is 2.33. The summed E-state index contributed by atoms with van der Waals surface area (Å²) in [6.45, 7) is 8.85. The van der Waals surface area contributed by atoms with E-state index in [0.29, 0.717) is 32.4 Å². The van der Waals surface area contributed by atoms with Crippen molar-refractivity contribution in [3.05, 3.63) is 35.9 Å². The van der Waals surface area contributed by atoms with Crippen LogP contribution in [0.4, 0.5) is 5.82 Å². The van der Waals surface area contributed by atoms with Crippen LogP contribution in [-0.4, -0.2) is 92.4 Å². The van der Waals surface area contributed by atoms with Crippen molar-refractivity contribution in [2.45, 2.75) is 32.1 Å².